The van der Waals surface area contributed by atoms with E-state index in [-0.39, 0.29) is 17.4 Å². The van der Waals surface area contributed by atoms with Crippen LogP contribution in [0.3, 0.4) is 0 Å². The summed E-state index contributed by atoms with van der Waals surface area (Å²) >= 11 is 0. The number of nitrogens with one attached hydrogen (secondary N) is 1. The van der Waals surface area contributed by atoms with E-state index in [0.29, 0.717) is 12.1 Å². The van der Waals surface area contributed by atoms with Gasteiger partial charge >= 0.3 is 0 Å². The van der Waals surface area contributed by atoms with Crippen LogP contribution in [0.5, 0.6) is 0 Å². The predicted octanol–water partition coefficient (Wildman–Crippen LogP) is 2.36. The summed E-state index contributed by atoms with van der Waals surface area (Å²) < 4.78 is 19.4. The molecule has 0 radical (unpaired) electrons. The maximum atomic E-state index is 14.2. The van der Waals surface area contributed by atoms with Gasteiger partial charge in [-0.05, 0) is 25.1 Å². The summed E-state index contributed by atoms with van der Waals surface area (Å²) in [5.41, 5.74) is 5.94. The molecule has 2 rings (SSSR count). The SMILES string of the molecule is C[C@H](NCc1cccc(/C(N)=N/O)c1F)c1ccco1. The Morgan fingerprint density at radius 3 is 2.90 bits per heavy atom. The number of amidine groups is 1. The van der Waals surface area contributed by atoms with Crippen molar-refractivity contribution in [2.45, 2.75) is 19.5 Å². The highest BCUT2D eigenvalue weighted by Crippen LogP contribution is 2.16. The molecule has 0 amide bonds. The first-order valence-electron chi connectivity index (χ1n) is 6.15. The van der Waals surface area contributed by atoms with Crippen LogP contribution >= 0.6 is 0 Å². The molecule has 4 N–H and O–H groups in total. The molecule has 0 aliphatic rings. The Kier molecular flexibility index (Phi) is 4.37. The molecule has 0 aliphatic heterocycles. The van der Waals surface area contributed by atoms with Gasteiger partial charge in [-0.25, -0.2) is 4.39 Å². The zero-order valence-corrected chi connectivity index (χ0v) is 11.0. The lowest BCUT2D eigenvalue weighted by Gasteiger charge is -2.13. The minimum Gasteiger partial charge on any atom is -0.468 e. The molecule has 0 bridgehead atoms. The van der Waals surface area contributed by atoms with Crippen LogP contribution in [0.15, 0.2) is 46.2 Å². The highest BCUT2D eigenvalue weighted by atomic mass is 19.1. The topological polar surface area (TPSA) is 83.8 Å². The van der Waals surface area contributed by atoms with Crippen molar-refractivity contribution in [3.63, 3.8) is 0 Å². The molecule has 106 valence electrons. The van der Waals surface area contributed by atoms with Crippen LogP contribution in [0.2, 0.25) is 0 Å². The van der Waals surface area contributed by atoms with Crippen molar-refractivity contribution in [3.05, 3.63) is 59.3 Å². The van der Waals surface area contributed by atoms with E-state index in [0.717, 1.165) is 5.76 Å². The number of halogens is 1. The maximum Gasteiger partial charge on any atom is 0.173 e. The van der Waals surface area contributed by atoms with Gasteiger partial charge in [0.2, 0.25) is 0 Å². The number of oxime groups is 1. The van der Waals surface area contributed by atoms with E-state index in [1.165, 1.54) is 6.07 Å². The smallest absolute Gasteiger partial charge is 0.173 e. The lowest BCUT2D eigenvalue weighted by Crippen LogP contribution is -2.20. The van der Waals surface area contributed by atoms with Crippen molar-refractivity contribution in [2.75, 3.05) is 0 Å². The summed E-state index contributed by atoms with van der Waals surface area (Å²) in [4.78, 5) is 0. The van der Waals surface area contributed by atoms with Gasteiger partial charge in [-0.15, -0.1) is 0 Å². The van der Waals surface area contributed by atoms with E-state index in [4.69, 9.17) is 15.4 Å². The van der Waals surface area contributed by atoms with Gasteiger partial charge in [0, 0.05) is 12.1 Å². The van der Waals surface area contributed by atoms with Crippen molar-refractivity contribution < 1.29 is 14.0 Å². The molecule has 0 unspecified atom stereocenters. The number of hydrogen-bond donors (Lipinski definition) is 3. The minimum atomic E-state index is -0.498. The van der Waals surface area contributed by atoms with Gasteiger partial charge in [0.15, 0.2) is 5.84 Å². The largest absolute Gasteiger partial charge is 0.468 e. The fraction of sp³-hybridized carbons (Fsp3) is 0.214. The maximum absolute atomic E-state index is 14.2. The Bertz CT molecular complexity index is 596. The molecule has 0 spiro atoms. The number of rotatable bonds is 5. The van der Waals surface area contributed by atoms with Gasteiger partial charge in [-0.3, -0.25) is 0 Å². The normalized spacial score (nSPS) is 13.4. The fourth-order valence-electron chi connectivity index (χ4n) is 1.87. The van der Waals surface area contributed by atoms with Crippen LogP contribution in [-0.4, -0.2) is 11.0 Å². The molecule has 5 nitrogen and oxygen atoms in total. The van der Waals surface area contributed by atoms with Crippen molar-refractivity contribution in [1.29, 1.82) is 0 Å². The summed E-state index contributed by atoms with van der Waals surface area (Å²) in [6, 6.07) is 8.37. The Morgan fingerprint density at radius 2 is 2.25 bits per heavy atom. The average molecular weight is 277 g/mol. The van der Waals surface area contributed by atoms with E-state index in [2.05, 4.69) is 10.5 Å². The van der Waals surface area contributed by atoms with Crippen molar-refractivity contribution in [1.82, 2.24) is 5.32 Å². The summed E-state index contributed by atoms with van der Waals surface area (Å²) in [7, 11) is 0. The van der Waals surface area contributed by atoms with Crippen LogP contribution in [0, 0.1) is 5.82 Å². The number of hydrogen-bond acceptors (Lipinski definition) is 4. The molecular formula is C14H16FN3O2. The second-order valence-corrected chi connectivity index (χ2v) is 4.38. The molecule has 1 heterocycles. The molecule has 0 fully saturated rings. The first kappa shape index (κ1) is 14.1. The second-order valence-electron chi connectivity index (χ2n) is 4.38. The molecular weight excluding hydrogens is 261 g/mol. The fourth-order valence-corrected chi connectivity index (χ4v) is 1.87. The Labute approximate surface area is 115 Å². The zero-order chi connectivity index (χ0) is 14.5. The first-order valence-corrected chi connectivity index (χ1v) is 6.15. The third-order valence-electron chi connectivity index (χ3n) is 3.03. The molecule has 0 aliphatic carbocycles. The Morgan fingerprint density at radius 1 is 1.45 bits per heavy atom. The zero-order valence-electron chi connectivity index (χ0n) is 11.0. The Hall–Kier alpha value is -2.34. The van der Waals surface area contributed by atoms with Crippen molar-refractivity contribution >= 4 is 5.84 Å². The molecule has 1 aromatic heterocycles. The van der Waals surface area contributed by atoms with Gasteiger partial charge in [0.25, 0.3) is 0 Å². The highest BCUT2D eigenvalue weighted by molar-refractivity contribution is 5.97. The second kappa shape index (κ2) is 6.21. The monoisotopic (exact) mass is 277 g/mol. The van der Waals surface area contributed by atoms with Gasteiger partial charge in [-0.2, -0.15) is 0 Å². The van der Waals surface area contributed by atoms with E-state index >= 15 is 0 Å². The average Bonchev–Trinajstić information content (AvgIpc) is 2.99. The summed E-state index contributed by atoms with van der Waals surface area (Å²) in [6.07, 6.45) is 1.59. The lowest BCUT2D eigenvalue weighted by atomic mass is 10.1. The summed E-state index contributed by atoms with van der Waals surface area (Å²) in [5.74, 6) is 0.0309. The van der Waals surface area contributed by atoms with E-state index in [9.17, 15) is 4.39 Å². The molecule has 20 heavy (non-hydrogen) atoms. The molecule has 0 saturated heterocycles. The summed E-state index contributed by atoms with van der Waals surface area (Å²) in [5, 5.41) is 14.6. The van der Waals surface area contributed by atoms with E-state index in [1.807, 2.05) is 13.0 Å². The van der Waals surface area contributed by atoms with E-state index < -0.39 is 5.82 Å². The van der Waals surface area contributed by atoms with Gasteiger partial charge in [-0.1, -0.05) is 17.3 Å². The van der Waals surface area contributed by atoms with Crippen LogP contribution in [0.1, 0.15) is 29.9 Å². The lowest BCUT2D eigenvalue weighted by molar-refractivity contribution is 0.318. The van der Waals surface area contributed by atoms with Gasteiger partial charge in [0.1, 0.15) is 11.6 Å². The Balaban J connectivity index is 2.10. The number of nitrogens with zero attached hydrogens (tertiary/aromatic N) is 1. The highest BCUT2D eigenvalue weighted by Gasteiger charge is 2.13. The van der Waals surface area contributed by atoms with Crippen molar-refractivity contribution in [3.8, 4) is 0 Å². The molecule has 1 aromatic carbocycles. The molecule has 0 saturated carbocycles. The molecule has 1 atom stereocenters. The van der Waals surface area contributed by atoms with Crippen LogP contribution in [-0.2, 0) is 6.54 Å². The molecule has 6 heteroatoms. The number of benzene rings is 1. The third-order valence-corrected chi connectivity index (χ3v) is 3.03. The quantitative estimate of drug-likeness (QED) is 0.339. The predicted molar refractivity (Wildman–Crippen MR) is 72.9 cm³/mol. The van der Waals surface area contributed by atoms with Crippen LogP contribution < -0.4 is 11.1 Å². The van der Waals surface area contributed by atoms with E-state index in [1.54, 1.807) is 24.5 Å². The number of nitrogens with two attached hydrogens (primary N) is 1. The minimum absolute atomic E-state index is 0.0445. The molecule has 2 aromatic rings. The van der Waals surface area contributed by atoms with Crippen LogP contribution in [0.25, 0.3) is 0 Å². The van der Waals surface area contributed by atoms with Crippen molar-refractivity contribution in [2.24, 2.45) is 10.9 Å². The standard InChI is InChI=1S/C14H16FN3O2/c1-9(12-6-3-7-20-12)17-8-10-4-2-5-11(13(10)15)14(16)18-19/h2-7,9,17,19H,8H2,1H3,(H2,16,18)/t9-/m0/s1. The first-order chi connectivity index (χ1) is 9.63. The van der Waals surface area contributed by atoms with Gasteiger partial charge in [0.05, 0.1) is 17.9 Å². The van der Waals surface area contributed by atoms with Crippen LogP contribution in [0.4, 0.5) is 4.39 Å². The summed E-state index contributed by atoms with van der Waals surface area (Å²) in [6.45, 7) is 2.23. The number of furan rings is 1. The van der Waals surface area contributed by atoms with Gasteiger partial charge < -0.3 is 20.7 Å². The third kappa shape index (κ3) is 2.97.